The standard InChI is InChI=1S/C20H17N3O5/c1-11-4-3-5-14(8-11)23-18(25)15(17(24)22-20(23)28)10-21-16-9-13(19(26)27)7-6-12(16)2/h3-10,25H,1-2H3,(H,26,27)(H,22,24,28)/p-1. The number of H-pyrrole nitrogens is 1. The normalized spacial score (nSPS) is 11.1. The molecule has 0 radical (unpaired) electrons. The Kier molecular flexibility index (Phi) is 4.95. The Hall–Kier alpha value is -3.94. The average molecular weight is 378 g/mol. The maximum atomic E-state index is 12.2. The molecule has 0 spiro atoms. The molecule has 0 saturated carbocycles. The number of aromatic amines is 1. The van der Waals surface area contributed by atoms with Crippen LogP contribution < -0.4 is 16.4 Å². The van der Waals surface area contributed by atoms with E-state index in [1.165, 1.54) is 12.1 Å². The van der Waals surface area contributed by atoms with Crippen molar-refractivity contribution in [3.63, 3.8) is 0 Å². The molecular weight excluding hydrogens is 362 g/mol. The van der Waals surface area contributed by atoms with Crippen molar-refractivity contribution >= 4 is 17.9 Å². The summed E-state index contributed by atoms with van der Waals surface area (Å²) in [6.45, 7) is 3.54. The van der Waals surface area contributed by atoms with E-state index in [0.29, 0.717) is 11.3 Å². The number of benzene rings is 2. The van der Waals surface area contributed by atoms with Crippen molar-refractivity contribution < 1.29 is 15.0 Å². The van der Waals surface area contributed by atoms with Crippen LogP contribution in [0.1, 0.15) is 27.0 Å². The third-order valence-electron chi connectivity index (χ3n) is 4.16. The smallest absolute Gasteiger partial charge is 0.335 e. The van der Waals surface area contributed by atoms with Gasteiger partial charge in [0, 0.05) is 6.21 Å². The molecular formula is C20H16N3O5-. The van der Waals surface area contributed by atoms with E-state index >= 15 is 0 Å². The molecule has 0 aliphatic carbocycles. The molecule has 1 heterocycles. The molecule has 2 N–H and O–H groups in total. The highest BCUT2D eigenvalue weighted by atomic mass is 16.4. The largest absolute Gasteiger partial charge is 0.545 e. The second-order valence-corrected chi connectivity index (χ2v) is 6.22. The van der Waals surface area contributed by atoms with Crippen molar-refractivity contribution in [3.8, 4) is 11.6 Å². The van der Waals surface area contributed by atoms with Gasteiger partial charge in [-0.05, 0) is 48.7 Å². The van der Waals surface area contributed by atoms with Crippen molar-refractivity contribution in [2.75, 3.05) is 0 Å². The van der Waals surface area contributed by atoms with Crippen LogP contribution in [0.2, 0.25) is 0 Å². The molecule has 0 bridgehead atoms. The molecule has 0 aliphatic heterocycles. The third-order valence-corrected chi connectivity index (χ3v) is 4.16. The van der Waals surface area contributed by atoms with Gasteiger partial charge in [0.05, 0.1) is 17.3 Å². The van der Waals surface area contributed by atoms with E-state index in [-0.39, 0.29) is 16.8 Å². The maximum Gasteiger partial charge on any atom is 0.335 e. The summed E-state index contributed by atoms with van der Waals surface area (Å²) >= 11 is 0. The van der Waals surface area contributed by atoms with Gasteiger partial charge in [-0.25, -0.2) is 9.36 Å². The minimum Gasteiger partial charge on any atom is -0.545 e. The highest BCUT2D eigenvalue weighted by molar-refractivity contribution is 5.89. The van der Waals surface area contributed by atoms with Gasteiger partial charge in [-0.1, -0.05) is 24.3 Å². The molecule has 3 rings (SSSR count). The van der Waals surface area contributed by atoms with Crippen molar-refractivity contribution in [3.05, 3.63) is 85.6 Å². The number of aryl methyl sites for hydroxylation is 2. The number of hydrogen-bond acceptors (Lipinski definition) is 6. The Labute approximate surface area is 159 Å². The summed E-state index contributed by atoms with van der Waals surface area (Å²) in [5, 5.41) is 21.5. The topological polar surface area (TPSA) is 128 Å². The van der Waals surface area contributed by atoms with Crippen molar-refractivity contribution in [1.29, 1.82) is 0 Å². The summed E-state index contributed by atoms with van der Waals surface area (Å²) in [4.78, 5) is 41.6. The zero-order chi connectivity index (χ0) is 20.4. The molecule has 3 aromatic rings. The first-order valence-corrected chi connectivity index (χ1v) is 8.29. The van der Waals surface area contributed by atoms with Crippen LogP contribution in [0.3, 0.4) is 0 Å². The van der Waals surface area contributed by atoms with E-state index in [1.54, 1.807) is 31.2 Å². The van der Waals surface area contributed by atoms with Gasteiger partial charge in [0.15, 0.2) is 0 Å². The van der Waals surface area contributed by atoms with Gasteiger partial charge in [-0.15, -0.1) is 0 Å². The lowest BCUT2D eigenvalue weighted by atomic mass is 10.1. The van der Waals surface area contributed by atoms with Gasteiger partial charge < -0.3 is 15.0 Å². The zero-order valence-electron chi connectivity index (χ0n) is 15.1. The second kappa shape index (κ2) is 7.36. The van der Waals surface area contributed by atoms with E-state index in [9.17, 15) is 24.6 Å². The Bertz CT molecular complexity index is 1220. The number of nitrogens with zero attached hydrogens (tertiary/aromatic N) is 2. The van der Waals surface area contributed by atoms with E-state index in [2.05, 4.69) is 9.98 Å². The van der Waals surface area contributed by atoms with Crippen LogP contribution in [0.15, 0.2) is 57.0 Å². The molecule has 0 amide bonds. The number of aromatic hydroxyl groups is 1. The fourth-order valence-corrected chi connectivity index (χ4v) is 2.67. The third kappa shape index (κ3) is 3.61. The highest BCUT2D eigenvalue weighted by Gasteiger charge is 2.14. The number of carboxylic acid groups (broad SMARTS) is 1. The van der Waals surface area contributed by atoms with Gasteiger partial charge in [-0.2, -0.15) is 0 Å². The van der Waals surface area contributed by atoms with Crippen LogP contribution >= 0.6 is 0 Å². The highest BCUT2D eigenvalue weighted by Crippen LogP contribution is 2.21. The minimum absolute atomic E-state index is 0.0689. The van der Waals surface area contributed by atoms with Crippen LogP contribution in [-0.4, -0.2) is 26.8 Å². The van der Waals surface area contributed by atoms with E-state index in [4.69, 9.17) is 0 Å². The number of rotatable bonds is 4. The fraction of sp³-hybridized carbons (Fsp3) is 0.100. The number of carbonyl (C=O) groups is 1. The number of nitrogens with one attached hydrogen (secondary N) is 1. The first-order chi connectivity index (χ1) is 13.3. The van der Waals surface area contributed by atoms with Crippen LogP contribution in [-0.2, 0) is 0 Å². The van der Waals surface area contributed by atoms with Crippen LogP contribution in [0, 0.1) is 13.8 Å². The first kappa shape index (κ1) is 18.8. The fourth-order valence-electron chi connectivity index (χ4n) is 2.67. The Morgan fingerprint density at radius 3 is 2.61 bits per heavy atom. The average Bonchev–Trinajstić information content (AvgIpc) is 2.62. The van der Waals surface area contributed by atoms with Gasteiger partial charge in [0.25, 0.3) is 5.56 Å². The number of carbonyl (C=O) groups excluding carboxylic acids is 1. The summed E-state index contributed by atoms with van der Waals surface area (Å²) in [5.41, 5.74) is 0.269. The summed E-state index contributed by atoms with van der Waals surface area (Å²) in [5.74, 6) is -1.93. The number of aromatic nitrogens is 2. The predicted molar refractivity (Wildman–Crippen MR) is 102 cm³/mol. The van der Waals surface area contributed by atoms with Crippen molar-refractivity contribution in [2.45, 2.75) is 13.8 Å². The van der Waals surface area contributed by atoms with Gasteiger partial charge in [-0.3, -0.25) is 14.8 Å². The van der Waals surface area contributed by atoms with Crippen LogP contribution in [0.4, 0.5) is 5.69 Å². The lowest BCUT2D eigenvalue weighted by molar-refractivity contribution is -0.255. The molecule has 8 heteroatoms. The molecule has 1 aromatic heterocycles. The maximum absolute atomic E-state index is 12.2. The summed E-state index contributed by atoms with van der Waals surface area (Å²) in [7, 11) is 0. The van der Waals surface area contributed by atoms with Crippen molar-refractivity contribution in [1.82, 2.24) is 9.55 Å². The molecule has 0 atom stereocenters. The molecule has 0 saturated heterocycles. The molecule has 0 fully saturated rings. The Balaban J connectivity index is 2.14. The molecule has 0 aliphatic rings. The van der Waals surface area contributed by atoms with Gasteiger partial charge in [0.1, 0.15) is 5.56 Å². The zero-order valence-corrected chi connectivity index (χ0v) is 15.1. The molecule has 28 heavy (non-hydrogen) atoms. The molecule has 8 nitrogen and oxygen atoms in total. The monoisotopic (exact) mass is 378 g/mol. The van der Waals surface area contributed by atoms with Crippen LogP contribution in [0.25, 0.3) is 5.69 Å². The Morgan fingerprint density at radius 2 is 1.93 bits per heavy atom. The van der Waals surface area contributed by atoms with E-state index < -0.39 is 23.1 Å². The molecule has 142 valence electrons. The van der Waals surface area contributed by atoms with Crippen molar-refractivity contribution in [2.24, 2.45) is 4.99 Å². The number of hydrogen-bond donors (Lipinski definition) is 2. The van der Waals surface area contributed by atoms with E-state index in [1.807, 2.05) is 13.0 Å². The van der Waals surface area contributed by atoms with E-state index in [0.717, 1.165) is 16.3 Å². The Morgan fingerprint density at radius 1 is 1.18 bits per heavy atom. The lowest BCUT2D eigenvalue weighted by Gasteiger charge is -2.10. The minimum atomic E-state index is -1.36. The number of carboxylic acids is 1. The van der Waals surface area contributed by atoms with Gasteiger partial charge in [0.2, 0.25) is 5.88 Å². The lowest BCUT2D eigenvalue weighted by Crippen LogP contribution is -2.31. The first-order valence-electron chi connectivity index (χ1n) is 8.29. The quantitative estimate of drug-likeness (QED) is 0.654. The molecule has 0 unspecified atom stereocenters. The summed E-state index contributed by atoms with van der Waals surface area (Å²) in [6, 6.07) is 11.1. The SMILES string of the molecule is Cc1cccc(-n2c(O)c(C=Nc3cc(C(=O)[O-])ccc3C)c(=O)[nH]c2=O)c1. The molecule has 2 aromatic carbocycles. The summed E-state index contributed by atoms with van der Waals surface area (Å²) < 4.78 is 0.959. The van der Waals surface area contributed by atoms with Crippen LogP contribution in [0.5, 0.6) is 5.88 Å². The number of aromatic carboxylic acids is 1. The van der Waals surface area contributed by atoms with Gasteiger partial charge >= 0.3 is 5.69 Å². The number of aliphatic imine (C=N–C) groups is 1. The predicted octanol–water partition coefficient (Wildman–Crippen LogP) is 0.962. The summed E-state index contributed by atoms with van der Waals surface area (Å²) in [6.07, 6.45) is 1.08. The second-order valence-electron chi connectivity index (χ2n) is 6.22.